The first-order chi connectivity index (χ1) is 11.7. The molecule has 3 rings (SSSR count). The average molecular weight is 330 g/mol. The Hall–Kier alpha value is -2.04. The zero-order chi connectivity index (χ0) is 16.8. The van der Waals surface area contributed by atoms with Crippen molar-refractivity contribution in [2.75, 3.05) is 6.61 Å². The van der Waals surface area contributed by atoms with Crippen LogP contribution in [0.3, 0.4) is 0 Å². The highest BCUT2D eigenvalue weighted by Crippen LogP contribution is 2.19. The van der Waals surface area contributed by atoms with Crippen LogP contribution in [0.25, 0.3) is 0 Å². The van der Waals surface area contributed by atoms with E-state index in [0.29, 0.717) is 23.4 Å². The summed E-state index contributed by atoms with van der Waals surface area (Å²) >= 11 is 0. The third-order valence-electron chi connectivity index (χ3n) is 4.90. The SMILES string of the molecule is O=C(COc1ccc(C(=O)NC2CCCC2)cc1)NC1CCCC1. The fourth-order valence-corrected chi connectivity index (χ4v) is 3.53. The van der Waals surface area contributed by atoms with Gasteiger partial charge in [0.15, 0.2) is 6.61 Å². The van der Waals surface area contributed by atoms with Gasteiger partial charge in [0.2, 0.25) is 0 Å². The van der Waals surface area contributed by atoms with Crippen LogP contribution >= 0.6 is 0 Å². The molecule has 2 saturated carbocycles. The standard InChI is InChI=1S/C19H26N2O3/c22-18(20-15-5-1-2-6-15)13-24-17-11-9-14(10-12-17)19(23)21-16-7-3-4-8-16/h9-12,15-16H,1-8,13H2,(H,20,22)(H,21,23). The number of carbonyl (C=O) groups excluding carboxylic acids is 2. The van der Waals surface area contributed by atoms with Crippen molar-refractivity contribution in [1.29, 1.82) is 0 Å². The molecule has 0 bridgehead atoms. The highest BCUT2D eigenvalue weighted by molar-refractivity contribution is 5.94. The summed E-state index contributed by atoms with van der Waals surface area (Å²) in [7, 11) is 0. The third kappa shape index (κ3) is 4.73. The zero-order valence-electron chi connectivity index (χ0n) is 14.1. The van der Waals surface area contributed by atoms with E-state index in [1.54, 1.807) is 24.3 Å². The van der Waals surface area contributed by atoms with Crippen LogP contribution < -0.4 is 15.4 Å². The Labute approximate surface area is 143 Å². The summed E-state index contributed by atoms with van der Waals surface area (Å²) in [5.74, 6) is 0.492. The molecule has 0 spiro atoms. The largest absolute Gasteiger partial charge is 0.484 e. The zero-order valence-corrected chi connectivity index (χ0v) is 14.1. The summed E-state index contributed by atoms with van der Waals surface area (Å²) in [6, 6.07) is 7.59. The molecule has 0 radical (unpaired) electrons. The van der Waals surface area contributed by atoms with Crippen molar-refractivity contribution in [2.45, 2.75) is 63.5 Å². The van der Waals surface area contributed by atoms with Gasteiger partial charge >= 0.3 is 0 Å². The molecule has 0 heterocycles. The first-order valence-electron chi connectivity index (χ1n) is 9.04. The molecule has 24 heavy (non-hydrogen) atoms. The molecule has 2 aliphatic carbocycles. The van der Waals surface area contributed by atoms with Crippen LogP contribution in [-0.4, -0.2) is 30.5 Å². The van der Waals surface area contributed by atoms with Gasteiger partial charge in [0.25, 0.3) is 11.8 Å². The van der Waals surface area contributed by atoms with Crippen LogP contribution in [0.4, 0.5) is 0 Å². The van der Waals surface area contributed by atoms with Gasteiger partial charge in [0, 0.05) is 17.6 Å². The minimum absolute atomic E-state index is 0.0180. The minimum atomic E-state index is -0.0787. The summed E-state index contributed by atoms with van der Waals surface area (Å²) in [5, 5.41) is 6.05. The lowest BCUT2D eigenvalue weighted by molar-refractivity contribution is -0.123. The Balaban J connectivity index is 1.43. The molecule has 0 atom stereocenters. The molecule has 2 aliphatic rings. The smallest absolute Gasteiger partial charge is 0.258 e. The van der Waals surface area contributed by atoms with Gasteiger partial charge in [-0.3, -0.25) is 9.59 Å². The van der Waals surface area contributed by atoms with Crippen LogP contribution in [0, 0.1) is 0 Å². The molecule has 0 saturated heterocycles. The summed E-state index contributed by atoms with van der Waals surface area (Å²) in [4.78, 5) is 24.0. The van der Waals surface area contributed by atoms with E-state index in [2.05, 4.69) is 10.6 Å². The van der Waals surface area contributed by atoms with E-state index in [1.165, 1.54) is 25.7 Å². The fraction of sp³-hybridized carbons (Fsp3) is 0.579. The second-order valence-electron chi connectivity index (χ2n) is 6.82. The third-order valence-corrected chi connectivity index (χ3v) is 4.90. The van der Waals surface area contributed by atoms with Crippen molar-refractivity contribution in [3.05, 3.63) is 29.8 Å². The molecule has 2 amide bonds. The van der Waals surface area contributed by atoms with Gasteiger partial charge < -0.3 is 15.4 Å². The number of nitrogens with one attached hydrogen (secondary N) is 2. The molecule has 0 aromatic heterocycles. The van der Waals surface area contributed by atoms with Gasteiger partial charge in [-0.05, 0) is 49.9 Å². The maximum absolute atomic E-state index is 12.2. The van der Waals surface area contributed by atoms with Crippen molar-refractivity contribution < 1.29 is 14.3 Å². The van der Waals surface area contributed by atoms with E-state index in [0.717, 1.165) is 25.7 Å². The molecule has 130 valence electrons. The molecule has 2 fully saturated rings. The highest BCUT2D eigenvalue weighted by atomic mass is 16.5. The van der Waals surface area contributed by atoms with Crippen LogP contribution in [0.1, 0.15) is 61.7 Å². The fourth-order valence-electron chi connectivity index (χ4n) is 3.53. The quantitative estimate of drug-likeness (QED) is 0.843. The molecule has 5 nitrogen and oxygen atoms in total. The Morgan fingerprint density at radius 2 is 1.42 bits per heavy atom. The van der Waals surface area contributed by atoms with Crippen molar-refractivity contribution in [3.63, 3.8) is 0 Å². The van der Waals surface area contributed by atoms with E-state index in [-0.39, 0.29) is 18.4 Å². The van der Waals surface area contributed by atoms with Gasteiger partial charge in [0.05, 0.1) is 0 Å². The predicted octanol–water partition coefficient (Wildman–Crippen LogP) is 2.80. The van der Waals surface area contributed by atoms with Crippen LogP contribution in [-0.2, 0) is 4.79 Å². The summed E-state index contributed by atoms with van der Waals surface area (Å²) in [5.41, 5.74) is 0.629. The van der Waals surface area contributed by atoms with E-state index >= 15 is 0 Å². The lowest BCUT2D eigenvalue weighted by atomic mass is 10.1. The first kappa shape index (κ1) is 16.8. The summed E-state index contributed by atoms with van der Waals surface area (Å²) in [6.07, 6.45) is 9.05. The van der Waals surface area contributed by atoms with Crippen molar-refractivity contribution in [3.8, 4) is 5.75 Å². The maximum Gasteiger partial charge on any atom is 0.258 e. The number of carbonyl (C=O) groups is 2. The number of amides is 2. The number of hydrogen-bond donors (Lipinski definition) is 2. The molecular weight excluding hydrogens is 304 g/mol. The van der Waals surface area contributed by atoms with Crippen molar-refractivity contribution in [2.24, 2.45) is 0 Å². The monoisotopic (exact) mass is 330 g/mol. The van der Waals surface area contributed by atoms with Crippen LogP contribution in [0.5, 0.6) is 5.75 Å². The molecule has 5 heteroatoms. The Kier molecular flexibility index (Phi) is 5.72. The predicted molar refractivity (Wildman–Crippen MR) is 92.1 cm³/mol. The first-order valence-corrected chi connectivity index (χ1v) is 9.04. The maximum atomic E-state index is 12.2. The Morgan fingerprint density at radius 1 is 0.875 bits per heavy atom. The minimum Gasteiger partial charge on any atom is -0.484 e. The molecule has 1 aromatic carbocycles. The topological polar surface area (TPSA) is 67.4 Å². The van der Waals surface area contributed by atoms with E-state index in [9.17, 15) is 9.59 Å². The van der Waals surface area contributed by atoms with Crippen LogP contribution in [0.15, 0.2) is 24.3 Å². The average Bonchev–Trinajstić information content (AvgIpc) is 3.27. The molecule has 2 N–H and O–H groups in total. The van der Waals surface area contributed by atoms with Gasteiger partial charge in [-0.15, -0.1) is 0 Å². The van der Waals surface area contributed by atoms with Crippen molar-refractivity contribution >= 4 is 11.8 Å². The number of ether oxygens (including phenoxy) is 1. The molecule has 0 aliphatic heterocycles. The highest BCUT2D eigenvalue weighted by Gasteiger charge is 2.18. The second kappa shape index (κ2) is 8.18. The summed E-state index contributed by atoms with van der Waals surface area (Å²) < 4.78 is 5.50. The number of benzene rings is 1. The summed E-state index contributed by atoms with van der Waals surface area (Å²) in [6.45, 7) is 0.0180. The Morgan fingerprint density at radius 3 is 2.00 bits per heavy atom. The van der Waals surface area contributed by atoms with Crippen LogP contribution in [0.2, 0.25) is 0 Å². The lowest BCUT2D eigenvalue weighted by Crippen LogP contribution is -2.36. The lowest BCUT2D eigenvalue weighted by Gasteiger charge is -2.13. The molecule has 0 unspecified atom stereocenters. The van der Waals surface area contributed by atoms with Gasteiger partial charge in [0.1, 0.15) is 5.75 Å². The molecular formula is C19H26N2O3. The normalized spacial score (nSPS) is 18.5. The van der Waals surface area contributed by atoms with E-state index < -0.39 is 0 Å². The van der Waals surface area contributed by atoms with Gasteiger partial charge in [-0.25, -0.2) is 0 Å². The van der Waals surface area contributed by atoms with Crippen molar-refractivity contribution in [1.82, 2.24) is 10.6 Å². The number of hydrogen-bond acceptors (Lipinski definition) is 3. The van der Waals surface area contributed by atoms with Gasteiger partial charge in [-0.2, -0.15) is 0 Å². The Bertz CT molecular complexity index is 558. The second-order valence-corrected chi connectivity index (χ2v) is 6.82. The molecule has 1 aromatic rings. The van der Waals surface area contributed by atoms with E-state index in [4.69, 9.17) is 4.74 Å². The number of rotatable bonds is 6. The van der Waals surface area contributed by atoms with E-state index in [1.807, 2.05) is 0 Å². The van der Waals surface area contributed by atoms with Gasteiger partial charge in [-0.1, -0.05) is 25.7 Å².